The summed E-state index contributed by atoms with van der Waals surface area (Å²) in [7, 11) is 0. The summed E-state index contributed by atoms with van der Waals surface area (Å²) >= 11 is 0. The lowest BCUT2D eigenvalue weighted by Crippen LogP contribution is -2.29. The third-order valence-electron chi connectivity index (χ3n) is 23.0. The molecule has 0 radical (unpaired) electrons. The summed E-state index contributed by atoms with van der Waals surface area (Å²) in [5, 5.41) is 14.6. The number of fused-ring (bicyclic) bond motifs is 14. The zero-order valence-electron chi connectivity index (χ0n) is 61.8. The quantitative estimate of drug-likeness (QED) is 0.121. The van der Waals surface area contributed by atoms with Crippen LogP contribution in [0.25, 0.3) is 145 Å². The maximum Gasteiger partial charge on any atom is 0.164 e. The van der Waals surface area contributed by atoms with E-state index in [1.807, 2.05) is 109 Å². The number of nitrogens with zero attached hydrogens (tertiary/aromatic N) is 8. The maximum atomic E-state index is 9.69. The molecule has 8 nitrogen and oxygen atoms in total. The number of hydrogen-bond donors (Lipinski definition) is 0. The molecule has 16 aromatic carbocycles. The Balaban J connectivity index is 0.000000143. The standard InChI is InChI=1S/C54H34N4.C52H34N4/c55-35-36-16-14-19-38(32-36)48-34-47(37-17-4-1-5-18-37)56-53(57-48)39-20-15-25-42(33-39)58-49-29-13-11-27-44(49)52-50(58)31-30-46-51(52)43-26-10-12-28-45(43)54(46,40-21-6-2-7-22-40)41-23-8-3-9-24-41;1-5-17-35(18-6-1)49-53-50(36-19-7-2-8-20-36)55-51(54-49)37-29-31-40(32-30-37)56-46-28-16-14-26-42(46)44-34-33-43-41-25-13-15-27-45(41)52(47(43)48(44)56,38-21-9-3-10-22-38)39-23-11-4-12-24-39/h1-34H;1-34H. The molecule has 2 aliphatic rings. The Bertz CT molecular complexity index is 7000. The number of rotatable bonds is 12. The molecule has 532 valence electrons. The molecule has 0 bridgehead atoms. The molecule has 0 saturated carbocycles. The van der Waals surface area contributed by atoms with Gasteiger partial charge in [-0.15, -0.1) is 0 Å². The zero-order chi connectivity index (χ0) is 75.7. The van der Waals surface area contributed by atoms with Gasteiger partial charge in [-0.05, 0) is 134 Å². The molecule has 2 aliphatic carbocycles. The molecule has 0 unspecified atom stereocenters. The highest BCUT2D eigenvalue weighted by Crippen LogP contribution is 2.61. The summed E-state index contributed by atoms with van der Waals surface area (Å²) in [6.45, 7) is 0. The van der Waals surface area contributed by atoms with Crippen molar-refractivity contribution in [2.45, 2.75) is 10.8 Å². The van der Waals surface area contributed by atoms with Crippen molar-refractivity contribution in [3.63, 3.8) is 0 Å². The highest BCUT2D eigenvalue weighted by Gasteiger charge is 2.49. The van der Waals surface area contributed by atoms with Crippen LogP contribution in [0.4, 0.5) is 0 Å². The van der Waals surface area contributed by atoms with E-state index >= 15 is 0 Å². The van der Waals surface area contributed by atoms with Gasteiger partial charge in [-0.1, -0.05) is 340 Å². The van der Waals surface area contributed by atoms with Gasteiger partial charge in [0.15, 0.2) is 23.3 Å². The van der Waals surface area contributed by atoms with Gasteiger partial charge in [-0.25, -0.2) is 24.9 Å². The molecule has 20 aromatic rings. The molecule has 4 aromatic heterocycles. The Hall–Kier alpha value is -15.3. The second-order valence-electron chi connectivity index (χ2n) is 29.2. The highest BCUT2D eigenvalue weighted by atomic mass is 15.0. The molecule has 0 amide bonds. The second kappa shape index (κ2) is 27.7. The van der Waals surface area contributed by atoms with Gasteiger partial charge in [0.05, 0.1) is 55.9 Å². The van der Waals surface area contributed by atoms with Crippen LogP contribution in [0.3, 0.4) is 0 Å². The predicted octanol–water partition coefficient (Wildman–Crippen LogP) is 25.1. The van der Waals surface area contributed by atoms with E-state index in [2.05, 4.69) is 319 Å². The normalized spacial score (nSPS) is 12.7. The second-order valence-corrected chi connectivity index (χ2v) is 29.2. The Morgan fingerprint density at radius 1 is 0.254 bits per heavy atom. The van der Waals surface area contributed by atoms with E-state index in [1.54, 1.807) is 0 Å². The molecule has 0 atom stereocenters. The Labute approximate surface area is 659 Å². The van der Waals surface area contributed by atoms with Gasteiger partial charge in [-0.2, -0.15) is 5.26 Å². The summed E-state index contributed by atoms with van der Waals surface area (Å²) < 4.78 is 4.86. The first-order chi connectivity index (χ1) is 56.5. The molecule has 0 aliphatic heterocycles. The number of nitriles is 1. The first-order valence-electron chi connectivity index (χ1n) is 38.6. The molecule has 114 heavy (non-hydrogen) atoms. The number of benzene rings is 16. The first-order valence-corrected chi connectivity index (χ1v) is 38.6. The highest BCUT2D eigenvalue weighted by molar-refractivity contribution is 6.19. The molecule has 0 N–H and O–H groups in total. The number of para-hydroxylation sites is 2. The van der Waals surface area contributed by atoms with Gasteiger partial charge in [0.25, 0.3) is 0 Å². The number of aromatic nitrogens is 7. The van der Waals surface area contributed by atoms with E-state index in [-0.39, 0.29) is 0 Å². The Morgan fingerprint density at radius 2 is 0.702 bits per heavy atom. The lowest BCUT2D eigenvalue weighted by molar-refractivity contribution is 0.769. The van der Waals surface area contributed by atoms with Crippen molar-refractivity contribution in [1.29, 1.82) is 5.26 Å². The Kier molecular flexibility index (Phi) is 16.2. The summed E-state index contributed by atoms with van der Waals surface area (Å²) in [5.74, 6) is 2.55. The van der Waals surface area contributed by atoms with Gasteiger partial charge in [0.2, 0.25) is 0 Å². The zero-order valence-corrected chi connectivity index (χ0v) is 61.8. The largest absolute Gasteiger partial charge is 0.309 e. The van der Waals surface area contributed by atoms with Gasteiger partial charge in [-0.3, -0.25) is 0 Å². The molecule has 22 rings (SSSR count). The van der Waals surface area contributed by atoms with Crippen LogP contribution >= 0.6 is 0 Å². The fourth-order valence-corrected chi connectivity index (χ4v) is 18.2. The maximum absolute atomic E-state index is 9.69. The van der Waals surface area contributed by atoms with Gasteiger partial charge < -0.3 is 9.13 Å². The predicted molar refractivity (Wildman–Crippen MR) is 462 cm³/mol. The van der Waals surface area contributed by atoms with Gasteiger partial charge in [0.1, 0.15) is 0 Å². The van der Waals surface area contributed by atoms with Crippen molar-refractivity contribution in [3.05, 3.63) is 463 Å². The first kappa shape index (κ1) is 66.9. The van der Waals surface area contributed by atoms with Crippen molar-refractivity contribution in [3.8, 4) is 108 Å². The van der Waals surface area contributed by atoms with Crippen LogP contribution in [0.15, 0.2) is 413 Å². The summed E-state index contributed by atoms with van der Waals surface area (Å²) in [5.41, 5.74) is 28.7. The molecule has 0 spiro atoms. The third-order valence-corrected chi connectivity index (χ3v) is 23.0. The summed E-state index contributed by atoms with van der Waals surface area (Å²) in [6.07, 6.45) is 0. The third kappa shape index (κ3) is 10.8. The van der Waals surface area contributed by atoms with Gasteiger partial charge in [0, 0.05) is 71.9 Å². The van der Waals surface area contributed by atoms with Crippen LogP contribution in [0.5, 0.6) is 0 Å². The van der Waals surface area contributed by atoms with Crippen LogP contribution in [0, 0.1) is 11.3 Å². The van der Waals surface area contributed by atoms with Crippen molar-refractivity contribution >= 4 is 43.6 Å². The van der Waals surface area contributed by atoms with Crippen molar-refractivity contribution in [2.75, 3.05) is 0 Å². The summed E-state index contributed by atoms with van der Waals surface area (Å²) in [4.78, 5) is 25.2. The fourth-order valence-electron chi connectivity index (χ4n) is 18.2. The summed E-state index contributed by atoms with van der Waals surface area (Å²) in [6, 6.07) is 148. The minimum Gasteiger partial charge on any atom is -0.309 e. The Morgan fingerprint density at radius 3 is 1.29 bits per heavy atom. The lowest BCUT2D eigenvalue weighted by Gasteiger charge is -2.34. The fraction of sp³-hybridized carbons (Fsp3) is 0.0189. The van der Waals surface area contributed by atoms with E-state index in [4.69, 9.17) is 24.9 Å². The van der Waals surface area contributed by atoms with Crippen molar-refractivity contribution in [2.24, 2.45) is 0 Å². The molecular formula is C106H68N8. The van der Waals surface area contributed by atoms with Crippen molar-refractivity contribution < 1.29 is 0 Å². The molecule has 0 saturated heterocycles. The molecular weight excluding hydrogens is 1390 g/mol. The van der Waals surface area contributed by atoms with Gasteiger partial charge >= 0.3 is 0 Å². The topological polar surface area (TPSA) is 98.1 Å². The van der Waals surface area contributed by atoms with Crippen LogP contribution in [-0.2, 0) is 10.8 Å². The van der Waals surface area contributed by atoms with Crippen LogP contribution < -0.4 is 0 Å². The average molecular weight is 1450 g/mol. The van der Waals surface area contributed by atoms with E-state index < -0.39 is 10.8 Å². The molecule has 8 heteroatoms. The molecule has 0 fully saturated rings. The van der Waals surface area contributed by atoms with E-state index in [0.717, 1.165) is 72.7 Å². The van der Waals surface area contributed by atoms with Crippen LogP contribution in [0.1, 0.15) is 50.1 Å². The minimum atomic E-state index is -0.549. The van der Waals surface area contributed by atoms with Crippen LogP contribution in [0.2, 0.25) is 0 Å². The van der Waals surface area contributed by atoms with E-state index in [9.17, 15) is 5.26 Å². The SMILES string of the molecule is N#Cc1cccc(-c2cc(-c3ccccc3)nc(-c3cccc(-n4c5ccccc5c5c6c(ccc54)C(c4ccccc4)(c4ccccc4)c4ccccc4-6)c3)n2)c1.c1ccc(-c2nc(-c3ccccc3)nc(-c3ccc(-n4c5ccccc5c5ccc6c(c54)C(c4ccccc4)(c4ccccc4)c4ccccc4-6)cc3)n2)cc1. The smallest absolute Gasteiger partial charge is 0.164 e. The monoisotopic (exact) mass is 1450 g/mol. The average Bonchev–Trinajstić information content (AvgIpc) is 1.52. The lowest BCUT2D eigenvalue weighted by atomic mass is 9.67. The van der Waals surface area contributed by atoms with Crippen molar-refractivity contribution in [1.82, 2.24) is 34.1 Å². The van der Waals surface area contributed by atoms with E-state index in [0.29, 0.717) is 28.9 Å². The van der Waals surface area contributed by atoms with Crippen LogP contribution in [-0.4, -0.2) is 34.1 Å². The number of hydrogen-bond acceptors (Lipinski definition) is 6. The molecule has 4 heterocycles. The minimum absolute atomic E-state index is 0.489. The van der Waals surface area contributed by atoms with E-state index in [1.165, 1.54) is 93.8 Å².